The van der Waals surface area contributed by atoms with Crippen LogP contribution in [0.25, 0.3) is 0 Å². The van der Waals surface area contributed by atoms with Gasteiger partial charge in [0, 0.05) is 26.1 Å². The Kier molecular flexibility index (Phi) is 7.51. The average molecular weight is 307 g/mol. The first-order valence-corrected chi connectivity index (χ1v) is 8.56. The van der Waals surface area contributed by atoms with E-state index in [1.54, 1.807) is 20.8 Å². The number of amidine groups is 1. The van der Waals surface area contributed by atoms with Gasteiger partial charge in [0.1, 0.15) is 5.84 Å². The van der Waals surface area contributed by atoms with E-state index in [1.165, 1.54) is 0 Å². The number of hydrogen-bond acceptors (Lipinski definition) is 5. The monoisotopic (exact) mass is 307 g/mol. The molecule has 0 rings (SSSR count). The van der Waals surface area contributed by atoms with Crippen LogP contribution in [0.5, 0.6) is 0 Å². The molecule has 0 aromatic rings. The van der Waals surface area contributed by atoms with Crippen molar-refractivity contribution in [3.63, 3.8) is 0 Å². The van der Waals surface area contributed by atoms with Crippen LogP contribution < -0.4 is 5.73 Å². The summed E-state index contributed by atoms with van der Waals surface area (Å²) in [4.78, 5) is 2.05. The molecule has 0 unspecified atom stereocenters. The average Bonchev–Trinajstić information content (AvgIpc) is 2.30. The number of nitrogens with zero attached hydrogens (tertiary/aromatic N) is 2. The van der Waals surface area contributed by atoms with Crippen molar-refractivity contribution >= 4 is 15.7 Å². The van der Waals surface area contributed by atoms with E-state index in [-0.39, 0.29) is 11.6 Å². The predicted molar refractivity (Wildman–Crippen MR) is 82.8 cm³/mol. The molecule has 0 aromatic carbocycles. The Morgan fingerprint density at radius 1 is 1.30 bits per heavy atom. The third kappa shape index (κ3) is 7.09. The first-order chi connectivity index (χ1) is 8.99. The lowest BCUT2D eigenvalue weighted by Crippen LogP contribution is -2.39. The fourth-order valence-corrected chi connectivity index (χ4v) is 2.80. The lowest BCUT2D eigenvalue weighted by molar-refractivity contribution is 0.261. The van der Waals surface area contributed by atoms with Gasteiger partial charge in [0.05, 0.1) is 10.5 Å². The normalized spacial score (nSPS) is 14.2. The largest absolute Gasteiger partial charge is 0.409 e. The number of rotatable bonds is 8. The number of hydrogen-bond donors (Lipinski definition) is 2. The summed E-state index contributed by atoms with van der Waals surface area (Å²) in [6.07, 6.45) is 0.429. The summed E-state index contributed by atoms with van der Waals surface area (Å²) in [5, 5.41) is 11.5. The first kappa shape index (κ1) is 19.2. The van der Waals surface area contributed by atoms with Gasteiger partial charge in [-0.1, -0.05) is 19.0 Å². The van der Waals surface area contributed by atoms with E-state index in [2.05, 4.69) is 19.0 Å². The zero-order valence-corrected chi connectivity index (χ0v) is 14.1. The molecule has 0 bridgehead atoms. The Bertz CT molecular complexity index is 411. The van der Waals surface area contributed by atoms with Gasteiger partial charge in [0.2, 0.25) is 0 Å². The molecule has 0 atom stereocenters. The molecule has 0 spiro atoms. The molecule has 7 heteroatoms. The van der Waals surface area contributed by atoms with E-state index in [9.17, 15) is 8.42 Å². The summed E-state index contributed by atoms with van der Waals surface area (Å²) in [5.74, 6) is 0.719. The topological polar surface area (TPSA) is 96.0 Å². The Morgan fingerprint density at radius 2 is 1.85 bits per heavy atom. The molecule has 0 aliphatic carbocycles. The maximum absolute atomic E-state index is 12.1. The Morgan fingerprint density at radius 3 is 2.25 bits per heavy atom. The molecule has 0 aliphatic rings. The second-order valence-electron chi connectivity index (χ2n) is 6.47. The van der Waals surface area contributed by atoms with Crippen LogP contribution in [-0.4, -0.2) is 54.5 Å². The summed E-state index contributed by atoms with van der Waals surface area (Å²) < 4.78 is 23.5. The second-order valence-corrected chi connectivity index (χ2v) is 9.33. The number of sulfone groups is 1. The quantitative estimate of drug-likeness (QED) is 0.305. The van der Waals surface area contributed by atoms with Gasteiger partial charge in [-0.05, 0) is 26.7 Å². The third-order valence-electron chi connectivity index (χ3n) is 3.05. The van der Waals surface area contributed by atoms with Crippen molar-refractivity contribution in [1.29, 1.82) is 0 Å². The lowest BCUT2D eigenvalue weighted by Gasteiger charge is -2.26. The molecule has 120 valence electrons. The van der Waals surface area contributed by atoms with E-state index in [1.807, 2.05) is 4.90 Å². The van der Waals surface area contributed by atoms with Crippen LogP contribution in [0.4, 0.5) is 0 Å². The summed E-state index contributed by atoms with van der Waals surface area (Å²) in [5.41, 5.74) is 5.46. The summed E-state index contributed by atoms with van der Waals surface area (Å²) in [7, 11) is -3.13. The molecular weight excluding hydrogens is 278 g/mol. The van der Waals surface area contributed by atoms with Crippen LogP contribution in [-0.2, 0) is 9.84 Å². The van der Waals surface area contributed by atoms with Gasteiger partial charge in [-0.25, -0.2) is 8.42 Å². The summed E-state index contributed by atoms with van der Waals surface area (Å²) in [6, 6.07) is 0. The van der Waals surface area contributed by atoms with Crippen LogP contribution in [0.1, 0.15) is 41.0 Å². The summed E-state index contributed by atoms with van der Waals surface area (Å²) in [6.45, 7) is 11.1. The highest BCUT2D eigenvalue weighted by molar-refractivity contribution is 7.92. The minimum absolute atomic E-state index is 0.124. The maximum Gasteiger partial charge on any atom is 0.156 e. The van der Waals surface area contributed by atoms with Crippen LogP contribution in [0.2, 0.25) is 0 Å². The molecule has 0 aliphatic heterocycles. The maximum atomic E-state index is 12.1. The molecule has 0 amide bonds. The number of oxime groups is 1. The van der Waals surface area contributed by atoms with Crippen molar-refractivity contribution in [1.82, 2.24) is 4.90 Å². The fourth-order valence-electron chi connectivity index (χ4n) is 1.69. The van der Waals surface area contributed by atoms with Crippen LogP contribution in [0, 0.1) is 5.92 Å². The van der Waals surface area contributed by atoms with Gasteiger partial charge >= 0.3 is 0 Å². The molecule has 6 nitrogen and oxygen atoms in total. The van der Waals surface area contributed by atoms with E-state index in [0.717, 1.165) is 6.54 Å². The lowest BCUT2D eigenvalue weighted by atomic mass is 10.2. The molecule has 0 radical (unpaired) electrons. The molecule has 0 saturated carbocycles. The van der Waals surface area contributed by atoms with Gasteiger partial charge in [-0.15, -0.1) is 0 Å². The molecular formula is C13H29N3O3S. The van der Waals surface area contributed by atoms with E-state index in [4.69, 9.17) is 10.9 Å². The molecule has 0 aromatic heterocycles. The van der Waals surface area contributed by atoms with Crippen molar-refractivity contribution in [3.05, 3.63) is 0 Å². The fraction of sp³-hybridized carbons (Fsp3) is 0.923. The first-order valence-electron chi connectivity index (χ1n) is 6.90. The highest BCUT2D eigenvalue weighted by Gasteiger charge is 2.29. The highest BCUT2D eigenvalue weighted by Crippen LogP contribution is 2.16. The van der Waals surface area contributed by atoms with Crippen molar-refractivity contribution < 1.29 is 13.6 Å². The van der Waals surface area contributed by atoms with Gasteiger partial charge in [-0.3, -0.25) is 0 Å². The van der Waals surface area contributed by atoms with Crippen molar-refractivity contribution in [2.75, 3.05) is 25.4 Å². The number of nitrogens with two attached hydrogens (primary N) is 1. The van der Waals surface area contributed by atoms with Crippen LogP contribution >= 0.6 is 0 Å². The van der Waals surface area contributed by atoms with Crippen LogP contribution in [0.15, 0.2) is 5.16 Å². The van der Waals surface area contributed by atoms with Gasteiger partial charge in [0.15, 0.2) is 9.84 Å². The predicted octanol–water partition coefficient (Wildman–Crippen LogP) is 1.29. The SMILES string of the molecule is CC(C)CN(CCC(N)=NO)CCS(=O)(=O)C(C)(C)C. The summed E-state index contributed by atoms with van der Waals surface area (Å²) >= 11 is 0. The van der Waals surface area contributed by atoms with E-state index < -0.39 is 14.6 Å². The van der Waals surface area contributed by atoms with Gasteiger partial charge < -0.3 is 15.8 Å². The molecule has 0 saturated heterocycles. The smallest absolute Gasteiger partial charge is 0.156 e. The highest BCUT2D eigenvalue weighted by atomic mass is 32.2. The van der Waals surface area contributed by atoms with E-state index >= 15 is 0 Å². The zero-order chi connectivity index (χ0) is 16.0. The Balaban J connectivity index is 4.59. The molecule has 0 heterocycles. The molecule has 3 N–H and O–H groups in total. The Hall–Kier alpha value is -0.820. The Labute approximate surface area is 122 Å². The van der Waals surface area contributed by atoms with Crippen molar-refractivity contribution in [2.24, 2.45) is 16.8 Å². The molecule has 20 heavy (non-hydrogen) atoms. The van der Waals surface area contributed by atoms with Crippen molar-refractivity contribution in [3.8, 4) is 0 Å². The van der Waals surface area contributed by atoms with Gasteiger partial charge in [0.25, 0.3) is 0 Å². The van der Waals surface area contributed by atoms with E-state index in [0.29, 0.717) is 25.4 Å². The van der Waals surface area contributed by atoms with Crippen molar-refractivity contribution in [2.45, 2.75) is 45.8 Å². The van der Waals surface area contributed by atoms with Crippen LogP contribution in [0.3, 0.4) is 0 Å². The minimum Gasteiger partial charge on any atom is -0.409 e. The molecule has 0 fully saturated rings. The minimum atomic E-state index is -3.13. The third-order valence-corrected chi connectivity index (χ3v) is 5.63. The standard InChI is InChI=1S/C13H29N3O3S/c1-11(2)10-16(7-6-12(14)15-17)8-9-20(18,19)13(3,4)5/h11,17H,6-10H2,1-5H3,(H2,14,15). The second kappa shape index (κ2) is 7.83. The zero-order valence-electron chi connectivity index (χ0n) is 13.3. The van der Waals surface area contributed by atoms with Gasteiger partial charge in [-0.2, -0.15) is 0 Å².